The minimum atomic E-state index is -0.463. The Morgan fingerprint density at radius 1 is 1.64 bits per heavy atom. The van der Waals surface area contributed by atoms with E-state index in [0.717, 1.165) is 11.3 Å². The number of hydrogen-bond acceptors (Lipinski definition) is 4. The number of hydrogen-bond donors (Lipinski definition) is 2. The second kappa shape index (κ2) is 5.80. The largest absolute Gasteiger partial charge is 0.468 e. The number of methoxy groups -OCH3 is 1. The monoisotopic (exact) mass is 199 g/mol. The average molecular weight is 199 g/mol. The van der Waals surface area contributed by atoms with Crippen molar-refractivity contribution in [3.63, 3.8) is 0 Å². The van der Waals surface area contributed by atoms with E-state index in [0.29, 0.717) is 19.7 Å². The summed E-state index contributed by atoms with van der Waals surface area (Å²) < 4.78 is 10.0. The summed E-state index contributed by atoms with van der Waals surface area (Å²) in [5, 5.41) is 12.4. The molecule has 80 valence electrons. The first kappa shape index (κ1) is 11.2. The molecule has 4 nitrogen and oxygen atoms in total. The summed E-state index contributed by atoms with van der Waals surface area (Å²) in [6, 6.07) is 1.92. The molecule has 4 heteroatoms. The van der Waals surface area contributed by atoms with Crippen LogP contribution >= 0.6 is 0 Å². The molecule has 1 heterocycles. The molecule has 0 aliphatic rings. The highest BCUT2D eigenvalue weighted by Gasteiger charge is 2.04. The van der Waals surface area contributed by atoms with E-state index >= 15 is 0 Å². The molecule has 2 N–H and O–H groups in total. The Hall–Kier alpha value is -0.840. The molecule has 0 saturated carbocycles. The predicted octanol–water partition coefficient (Wildman–Crippen LogP) is 0.685. The van der Waals surface area contributed by atoms with E-state index in [9.17, 15) is 5.11 Å². The lowest BCUT2D eigenvalue weighted by atomic mass is 10.3. The van der Waals surface area contributed by atoms with Crippen molar-refractivity contribution in [2.45, 2.75) is 19.6 Å². The van der Waals surface area contributed by atoms with Crippen LogP contribution < -0.4 is 5.32 Å². The Labute approximate surface area is 83.9 Å². The lowest BCUT2D eigenvalue weighted by Crippen LogP contribution is -2.29. The van der Waals surface area contributed by atoms with Gasteiger partial charge in [0.1, 0.15) is 5.76 Å². The van der Waals surface area contributed by atoms with Crippen LogP contribution in [0.5, 0.6) is 0 Å². The summed E-state index contributed by atoms with van der Waals surface area (Å²) in [4.78, 5) is 0. The summed E-state index contributed by atoms with van der Waals surface area (Å²) in [6.45, 7) is 3.49. The number of aryl methyl sites for hydroxylation is 1. The van der Waals surface area contributed by atoms with Crippen LogP contribution in [0.4, 0.5) is 0 Å². The topological polar surface area (TPSA) is 54.6 Å². The first-order chi connectivity index (χ1) is 6.74. The van der Waals surface area contributed by atoms with Crippen LogP contribution in [0.3, 0.4) is 0 Å². The fourth-order valence-electron chi connectivity index (χ4n) is 1.19. The number of furan rings is 1. The molecular formula is C10H17NO3. The van der Waals surface area contributed by atoms with Gasteiger partial charge in [0, 0.05) is 13.7 Å². The van der Waals surface area contributed by atoms with E-state index in [4.69, 9.17) is 9.15 Å². The van der Waals surface area contributed by atoms with Crippen molar-refractivity contribution < 1.29 is 14.3 Å². The molecule has 0 spiro atoms. The van der Waals surface area contributed by atoms with Crippen LogP contribution in [-0.4, -0.2) is 31.5 Å². The van der Waals surface area contributed by atoms with Crippen LogP contribution in [0, 0.1) is 6.92 Å². The highest BCUT2D eigenvalue weighted by atomic mass is 16.5. The van der Waals surface area contributed by atoms with Crippen LogP contribution in [0.25, 0.3) is 0 Å². The molecule has 14 heavy (non-hydrogen) atoms. The second-order valence-corrected chi connectivity index (χ2v) is 3.27. The zero-order valence-electron chi connectivity index (χ0n) is 8.62. The molecule has 0 fully saturated rings. The predicted molar refractivity (Wildman–Crippen MR) is 53.0 cm³/mol. The zero-order valence-corrected chi connectivity index (χ0v) is 8.62. The van der Waals surface area contributed by atoms with Gasteiger partial charge in [-0.15, -0.1) is 0 Å². The van der Waals surface area contributed by atoms with Crippen LogP contribution in [0.15, 0.2) is 16.7 Å². The molecular weight excluding hydrogens is 182 g/mol. The van der Waals surface area contributed by atoms with E-state index in [-0.39, 0.29) is 0 Å². The lowest BCUT2D eigenvalue weighted by molar-refractivity contribution is 0.0641. The summed E-state index contributed by atoms with van der Waals surface area (Å²) in [6.07, 6.45) is 1.20. The minimum absolute atomic E-state index is 0.351. The van der Waals surface area contributed by atoms with Gasteiger partial charge in [-0.05, 0) is 18.6 Å². The Balaban J connectivity index is 2.19. The average Bonchev–Trinajstić information content (AvgIpc) is 2.52. The molecule has 0 radical (unpaired) electrons. The van der Waals surface area contributed by atoms with Gasteiger partial charge in [-0.2, -0.15) is 0 Å². The molecule has 1 aromatic heterocycles. The van der Waals surface area contributed by atoms with Gasteiger partial charge in [0.15, 0.2) is 0 Å². The van der Waals surface area contributed by atoms with Crippen molar-refractivity contribution in [3.8, 4) is 0 Å². The Bertz CT molecular complexity index is 260. The number of nitrogens with one attached hydrogen (secondary N) is 1. The van der Waals surface area contributed by atoms with Gasteiger partial charge in [-0.1, -0.05) is 0 Å². The number of rotatable bonds is 6. The summed E-state index contributed by atoms with van der Waals surface area (Å²) in [5.41, 5.74) is 1.12. The van der Waals surface area contributed by atoms with Crippen molar-refractivity contribution in [2.24, 2.45) is 0 Å². The highest BCUT2D eigenvalue weighted by Crippen LogP contribution is 2.07. The highest BCUT2D eigenvalue weighted by molar-refractivity contribution is 5.13. The van der Waals surface area contributed by atoms with Crippen molar-refractivity contribution in [2.75, 3.05) is 20.3 Å². The third-order valence-electron chi connectivity index (χ3n) is 1.99. The fraction of sp³-hybridized carbons (Fsp3) is 0.600. The smallest absolute Gasteiger partial charge is 0.120 e. The molecule has 1 unspecified atom stereocenters. The van der Waals surface area contributed by atoms with Gasteiger partial charge in [0.2, 0.25) is 0 Å². The van der Waals surface area contributed by atoms with Gasteiger partial charge in [0.05, 0.1) is 25.5 Å². The van der Waals surface area contributed by atoms with E-state index in [1.807, 2.05) is 13.0 Å². The molecule has 0 amide bonds. The maximum absolute atomic E-state index is 9.33. The molecule has 1 atom stereocenters. The fourth-order valence-corrected chi connectivity index (χ4v) is 1.19. The molecule has 0 aromatic carbocycles. The number of aliphatic hydroxyl groups excluding tert-OH is 1. The third-order valence-corrected chi connectivity index (χ3v) is 1.99. The Kier molecular flexibility index (Phi) is 4.65. The van der Waals surface area contributed by atoms with E-state index in [1.165, 1.54) is 0 Å². The summed E-state index contributed by atoms with van der Waals surface area (Å²) >= 11 is 0. The van der Waals surface area contributed by atoms with Gasteiger partial charge in [-0.3, -0.25) is 0 Å². The Morgan fingerprint density at radius 2 is 2.43 bits per heavy atom. The quantitative estimate of drug-likeness (QED) is 0.707. The number of ether oxygens (including phenoxy) is 1. The third kappa shape index (κ3) is 3.49. The van der Waals surface area contributed by atoms with Crippen LogP contribution in [0.2, 0.25) is 0 Å². The van der Waals surface area contributed by atoms with E-state index in [2.05, 4.69) is 5.32 Å². The van der Waals surface area contributed by atoms with Crippen molar-refractivity contribution in [1.29, 1.82) is 0 Å². The Morgan fingerprint density at radius 3 is 3.00 bits per heavy atom. The molecule has 0 saturated heterocycles. The molecule has 0 aliphatic carbocycles. The lowest BCUT2D eigenvalue weighted by Gasteiger charge is -2.09. The summed E-state index contributed by atoms with van der Waals surface area (Å²) in [5.74, 6) is 0.912. The first-order valence-corrected chi connectivity index (χ1v) is 4.64. The minimum Gasteiger partial charge on any atom is -0.468 e. The van der Waals surface area contributed by atoms with Crippen LogP contribution in [-0.2, 0) is 11.3 Å². The van der Waals surface area contributed by atoms with E-state index in [1.54, 1.807) is 13.4 Å². The molecule has 1 rings (SSSR count). The van der Waals surface area contributed by atoms with Crippen molar-refractivity contribution in [3.05, 3.63) is 23.7 Å². The molecule has 1 aromatic rings. The normalized spacial score (nSPS) is 13.1. The number of aliphatic hydroxyl groups is 1. The second-order valence-electron chi connectivity index (χ2n) is 3.27. The van der Waals surface area contributed by atoms with E-state index < -0.39 is 6.10 Å². The van der Waals surface area contributed by atoms with Crippen molar-refractivity contribution >= 4 is 0 Å². The molecule has 0 aliphatic heterocycles. The zero-order chi connectivity index (χ0) is 10.4. The van der Waals surface area contributed by atoms with Crippen LogP contribution in [0.1, 0.15) is 11.3 Å². The SMILES string of the molecule is COCC(O)CNCc1occc1C. The van der Waals surface area contributed by atoms with Gasteiger partial charge < -0.3 is 19.6 Å². The van der Waals surface area contributed by atoms with Gasteiger partial charge in [0.25, 0.3) is 0 Å². The standard InChI is InChI=1S/C10H17NO3/c1-8-3-4-14-10(8)6-11-5-9(12)7-13-2/h3-4,9,11-12H,5-7H2,1-2H3. The van der Waals surface area contributed by atoms with Gasteiger partial charge in [-0.25, -0.2) is 0 Å². The maximum atomic E-state index is 9.33. The van der Waals surface area contributed by atoms with Crippen molar-refractivity contribution in [1.82, 2.24) is 5.32 Å². The van der Waals surface area contributed by atoms with Gasteiger partial charge >= 0.3 is 0 Å². The maximum Gasteiger partial charge on any atom is 0.120 e. The molecule has 0 bridgehead atoms. The summed E-state index contributed by atoms with van der Waals surface area (Å²) in [7, 11) is 1.57. The first-order valence-electron chi connectivity index (χ1n) is 4.64.